The Morgan fingerprint density at radius 3 is 2.64 bits per heavy atom. The van der Waals surface area contributed by atoms with Crippen molar-refractivity contribution in [2.45, 2.75) is 13.0 Å². The maximum atomic E-state index is 12.3. The topological polar surface area (TPSA) is 64.7 Å². The second-order valence-electron chi connectivity index (χ2n) is 5.71. The summed E-state index contributed by atoms with van der Waals surface area (Å²) in [6, 6.07) is 16.7. The molecule has 0 aliphatic carbocycles. The van der Waals surface area contributed by atoms with Crippen LogP contribution >= 0.6 is 0 Å². The minimum Gasteiger partial charge on any atom is -0.492 e. The summed E-state index contributed by atoms with van der Waals surface area (Å²) in [5.74, 6) is 0.290. The fourth-order valence-electron chi connectivity index (χ4n) is 2.57. The first-order valence-corrected chi connectivity index (χ1v) is 8.15. The Hall–Kier alpha value is -3.02. The lowest BCUT2D eigenvalue weighted by Crippen LogP contribution is -2.32. The molecule has 0 bridgehead atoms. The summed E-state index contributed by atoms with van der Waals surface area (Å²) in [7, 11) is 1.73. The lowest BCUT2D eigenvalue weighted by atomic mass is 10.3. The Labute approximate surface area is 145 Å². The van der Waals surface area contributed by atoms with E-state index in [0.29, 0.717) is 30.8 Å². The largest absolute Gasteiger partial charge is 0.492 e. The quantitative estimate of drug-likeness (QED) is 0.663. The third-order valence-electron chi connectivity index (χ3n) is 3.99. The van der Waals surface area contributed by atoms with Crippen molar-refractivity contribution in [2.75, 3.05) is 20.2 Å². The Kier molecular flexibility index (Phi) is 5.18. The molecule has 0 atom stereocenters. The predicted molar refractivity (Wildman–Crippen MR) is 94.7 cm³/mol. The number of para-hydroxylation sites is 3. The van der Waals surface area contributed by atoms with Gasteiger partial charge in [-0.2, -0.15) is 0 Å². The highest BCUT2D eigenvalue weighted by Crippen LogP contribution is 2.12. The van der Waals surface area contributed by atoms with E-state index in [1.54, 1.807) is 24.1 Å². The van der Waals surface area contributed by atoms with E-state index < -0.39 is 5.76 Å². The Bertz CT molecular complexity index is 898. The van der Waals surface area contributed by atoms with Gasteiger partial charge in [-0.1, -0.05) is 30.3 Å². The number of hydrogen-bond donors (Lipinski definition) is 0. The molecular formula is C19H20N2O4. The molecule has 1 amide bonds. The molecule has 0 spiro atoms. The van der Waals surface area contributed by atoms with Gasteiger partial charge in [-0.15, -0.1) is 0 Å². The van der Waals surface area contributed by atoms with Crippen molar-refractivity contribution >= 4 is 17.0 Å². The third kappa shape index (κ3) is 4.09. The molecule has 1 heterocycles. The molecule has 3 aromatic rings. The number of likely N-dealkylation sites (N-methyl/N-ethyl adjacent to an activating group) is 1. The number of fused-ring (bicyclic) bond motifs is 1. The standard InChI is InChI=1S/C19H20N2O4/c1-20(13-14-24-15-7-3-2-4-8-15)18(22)11-12-21-16-9-5-6-10-17(16)25-19(21)23/h2-10H,11-14H2,1H3. The van der Waals surface area contributed by atoms with Gasteiger partial charge in [-0.3, -0.25) is 9.36 Å². The Morgan fingerprint density at radius 1 is 1.12 bits per heavy atom. The van der Waals surface area contributed by atoms with Gasteiger partial charge in [0, 0.05) is 20.0 Å². The molecule has 25 heavy (non-hydrogen) atoms. The first-order valence-electron chi connectivity index (χ1n) is 8.15. The summed E-state index contributed by atoms with van der Waals surface area (Å²) >= 11 is 0. The highest BCUT2D eigenvalue weighted by Gasteiger charge is 2.13. The lowest BCUT2D eigenvalue weighted by Gasteiger charge is -2.17. The van der Waals surface area contributed by atoms with E-state index in [1.165, 1.54) is 4.57 Å². The monoisotopic (exact) mass is 340 g/mol. The van der Waals surface area contributed by atoms with Crippen LogP contribution in [0.5, 0.6) is 5.75 Å². The van der Waals surface area contributed by atoms with E-state index in [1.807, 2.05) is 42.5 Å². The number of aromatic nitrogens is 1. The minimum atomic E-state index is -0.441. The Morgan fingerprint density at radius 2 is 1.84 bits per heavy atom. The maximum absolute atomic E-state index is 12.3. The first kappa shape index (κ1) is 16.8. The van der Waals surface area contributed by atoms with Crippen LogP contribution in [0.1, 0.15) is 6.42 Å². The normalized spacial score (nSPS) is 10.8. The molecule has 0 aliphatic rings. The van der Waals surface area contributed by atoms with E-state index in [2.05, 4.69) is 0 Å². The zero-order valence-corrected chi connectivity index (χ0v) is 14.1. The van der Waals surface area contributed by atoms with Crippen LogP contribution in [0.4, 0.5) is 0 Å². The molecule has 0 N–H and O–H groups in total. The van der Waals surface area contributed by atoms with Crippen LogP contribution in [0.25, 0.3) is 11.1 Å². The summed E-state index contributed by atoms with van der Waals surface area (Å²) in [5.41, 5.74) is 1.24. The van der Waals surface area contributed by atoms with E-state index in [4.69, 9.17) is 9.15 Å². The molecule has 0 unspecified atom stereocenters. The number of benzene rings is 2. The summed E-state index contributed by atoms with van der Waals surface area (Å²) in [4.78, 5) is 25.8. The number of carbonyl (C=O) groups excluding carboxylic acids is 1. The van der Waals surface area contributed by atoms with Gasteiger partial charge < -0.3 is 14.1 Å². The molecule has 0 aliphatic heterocycles. The van der Waals surface area contributed by atoms with Gasteiger partial charge in [-0.05, 0) is 24.3 Å². The zero-order valence-electron chi connectivity index (χ0n) is 14.1. The number of hydrogen-bond acceptors (Lipinski definition) is 4. The number of nitrogens with zero attached hydrogens (tertiary/aromatic N) is 2. The number of oxazole rings is 1. The average molecular weight is 340 g/mol. The summed E-state index contributed by atoms with van der Waals surface area (Å²) in [6.45, 7) is 1.19. The molecule has 6 heteroatoms. The van der Waals surface area contributed by atoms with Gasteiger partial charge >= 0.3 is 5.76 Å². The van der Waals surface area contributed by atoms with E-state index >= 15 is 0 Å². The summed E-state index contributed by atoms with van der Waals surface area (Å²) in [6.07, 6.45) is 0.227. The van der Waals surface area contributed by atoms with Crippen molar-refractivity contribution in [3.8, 4) is 5.75 Å². The lowest BCUT2D eigenvalue weighted by molar-refractivity contribution is -0.130. The van der Waals surface area contributed by atoms with Crippen molar-refractivity contribution in [3.63, 3.8) is 0 Å². The summed E-state index contributed by atoms with van der Waals surface area (Å²) < 4.78 is 12.2. The number of ether oxygens (including phenoxy) is 1. The molecule has 0 saturated heterocycles. The highest BCUT2D eigenvalue weighted by molar-refractivity contribution is 5.76. The van der Waals surface area contributed by atoms with Gasteiger partial charge in [0.2, 0.25) is 5.91 Å². The summed E-state index contributed by atoms with van der Waals surface area (Å²) in [5, 5.41) is 0. The fraction of sp³-hybridized carbons (Fsp3) is 0.263. The Balaban J connectivity index is 1.51. The van der Waals surface area contributed by atoms with Crippen LogP contribution in [0.3, 0.4) is 0 Å². The first-order chi connectivity index (χ1) is 12.1. The van der Waals surface area contributed by atoms with Crippen LogP contribution < -0.4 is 10.5 Å². The van der Waals surface area contributed by atoms with Crippen LogP contribution in [0, 0.1) is 0 Å². The van der Waals surface area contributed by atoms with Crippen molar-refractivity contribution in [3.05, 3.63) is 65.1 Å². The van der Waals surface area contributed by atoms with Gasteiger partial charge in [0.05, 0.1) is 12.1 Å². The predicted octanol–water partition coefficient (Wildman–Crippen LogP) is 2.52. The second-order valence-corrected chi connectivity index (χ2v) is 5.71. The van der Waals surface area contributed by atoms with Crippen LogP contribution in [-0.2, 0) is 11.3 Å². The van der Waals surface area contributed by atoms with Gasteiger partial charge in [0.15, 0.2) is 5.58 Å². The molecular weight excluding hydrogens is 320 g/mol. The maximum Gasteiger partial charge on any atom is 0.419 e. The van der Waals surface area contributed by atoms with E-state index in [9.17, 15) is 9.59 Å². The molecule has 3 rings (SSSR count). The molecule has 0 radical (unpaired) electrons. The van der Waals surface area contributed by atoms with Crippen molar-refractivity contribution in [1.29, 1.82) is 0 Å². The number of aryl methyl sites for hydroxylation is 1. The van der Waals surface area contributed by atoms with Crippen LogP contribution in [0.2, 0.25) is 0 Å². The molecule has 0 fully saturated rings. The molecule has 1 aromatic heterocycles. The number of amides is 1. The second kappa shape index (κ2) is 7.70. The van der Waals surface area contributed by atoms with Crippen molar-refractivity contribution < 1.29 is 13.9 Å². The van der Waals surface area contributed by atoms with Gasteiger partial charge in [0.25, 0.3) is 0 Å². The smallest absolute Gasteiger partial charge is 0.419 e. The molecule has 2 aromatic carbocycles. The zero-order chi connectivity index (χ0) is 17.6. The van der Waals surface area contributed by atoms with E-state index in [-0.39, 0.29) is 12.3 Å². The number of carbonyl (C=O) groups is 1. The van der Waals surface area contributed by atoms with E-state index in [0.717, 1.165) is 5.75 Å². The minimum absolute atomic E-state index is 0.0474. The molecule has 6 nitrogen and oxygen atoms in total. The van der Waals surface area contributed by atoms with Crippen molar-refractivity contribution in [2.24, 2.45) is 0 Å². The fourth-order valence-corrected chi connectivity index (χ4v) is 2.57. The van der Waals surface area contributed by atoms with Crippen LogP contribution in [0.15, 0.2) is 63.8 Å². The highest BCUT2D eigenvalue weighted by atomic mass is 16.5. The molecule has 130 valence electrons. The van der Waals surface area contributed by atoms with Gasteiger partial charge in [-0.25, -0.2) is 4.79 Å². The average Bonchev–Trinajstić information content (AvgIpc) is 2.95. The third-order valence-corrected chi connectivity index (χ3v) is 3.99. The molecule has 0 saturated carbocycles. The van der Waals surface area contributed by atoms with Crippen LogP contribution in [-0.4, -0.2) is 35.6 Å². The number of rotatable bonds is 7. The van der Waals surface area contributed by atoms with Gasteiger partial charge in [0.1, 0.15) is 12.4 Å². The SMILES string of the molecule is CN(CCOc1ccccc1)C(=O)CCn1c(=O)oc2ccccc21. The van der Waals surface area contributed by atoms with Crippen molar-refractivity contribution in [1.82, 2.24) is 9.47 Å².